The maximum Gasteiger partial charge on any atom is 0.248 e. The fourth-order valence-corrected chi connectivity index (χ4v) is 5.30. The van der Waals surface area contributed by atoms with Gasteiger partial charge in [-0.25, -0.2) is 18.9 Å². The molecule has 0 saturated carbocycles. The molecule has 1 aromatic carbocycles. The number of pyridine rings is 1. The molecule has 1 saturated heterocycles. The van der Waals surface area contributed by atoms with Gasteiger partial charge >= 0.3 is 0 Å². The Morgan fingerprint density at radius 2 is 1.95 bits per heavy atom. The number of benzene rings is 1. The van der Waals surface area contributed by atoms with Crippen molar-refractivity contribution in [3.63, 3.8) is 0 Å². The predicted octanol–water partition coefficient (Wildman–Crippen LogP) is 3.82. The van der Waals surface area contributed by atoms with Crippen molar-refractivity contribution in [3.05, 3.63) is 71.1 Å². The first-order valence-electron chi connectivity index (χ1n) is 12.6. The summed E-state index contributed by atoms with van der Waals surface area (Å²) in [6.45, 7) is 0.815. The molecule has 1 N–H and O–H groups in total. The van der Waals surface area contributed by atoms with Crippen LogP contribution in [0.5, 0.6) is 0 Å². The van der Waals surface area contributed by atoms with E-state index in [2.05, 4.69) is 41.4 Å². The van der Waals surface area contributed by atoms with Crippen LogP contribution in [0.2, 0.25) is 0 Å². The van der Waals surface area contributed by atoms with Crippen LogP contribution >= 0.6 is 15.9 Å². The number of hydrogen-bond donors (Lipinski definition) is 1. The Labute approximate surface area is 239 Å². The number of halogens is 3. The molecule has 1 fully saturated rings. The molecule has 11 nitrogen and oxygen atoms in total. The monoisotopic (exact) mass is 622 g/mol. The molecule has 0 unspecified atom stereocenters. The van der Waals surface area contributed by atoms with Gasteiger partial charge in [-0.1, -0.05) is 12.1 Å². The minimum Gasteiger partial charge on any atom is -0.326 e. The van der Waals surface area contributed by atoms with Crippen LogP contribution in [0.4, 0.5) is 14.6 Å². The summed E-state index contributed by atoms with van der Waals surface area (Å²) in [7, 11) is 0. The highest BCUT2D eigenvalue weighted by Gasteiger charge is 2.40. The zero-order valence-corrected chi connectivity index (χ0v) is 23.0. The van der Waals surface area contributed by atoms with Crippen molar-refractivity contribution in [1.29, 1.82) is 0 Å². The smallest absolute Gasteiger partial charge is 0.248 e. The third-order valence-electron chi connectivity index (χ3n) is 6.83. The minimum absolute atomic E-state index is 0.147. The summed E-state index contributed by atoms with van der Waals surface area (Å²) in [6, 6.07) is 10.3. The van der Waals surface area contributed by atoms with Crippen molar-refractivity contribution in [2.75, 3.05) is 11.9 Å². The third kappa shape index (κ3) is 5.17. The number of fused-ring (bicyclic) bond motifs is 2. The van der Waals surface area contributed by atoms with Crippen molar-refractivity contribution in [2.24, 2.45) is 0 Å². The van der Waals surface area contributed by atoms with Crippen LogP contribution in [-0.2, 0) is 16.1 Å². The first-order chi connectivity index (χ1) is 19.7. The largest absolute Gasteiger partial charge is 0.326 e. The summed E-state index contributed by atoms with van der Waals surface area (Å²) >= 11 is 3.24. The number of amides is 2. The van der Waals surface area contributed by atoms with Crippen molar-refractivity contribution in [1.82, 2.24) is 34.3 Å². The molecule has 1 aliphatic heterocycles. The normalized spacial score (nSPS) is 16.9. The van der Waals surface area contributed by atoms with Gasteiger partial charge in [-0.05, 0) is 45.8 Å². The van der Waals surface area contributed by atoms with Gasteiger partial charge in [0.2, 0.25) is 17.8 Å². The second kappa shape index (κ2) is 10.4. The minimum atomic E-state index is -1.37. The number of aromatic nitrogens is 6. The molecule has 0 aliphatic carbocycles. The van der Waals surface area contributed by atoms with E-state index < -0.39 is 30.0 Å². The first-order valence-corrected chi connectivity index (χ1v) is 13.4. The number of nitrogens with zero attached hydrogens (tertiary/aromatic N) is 7. The highest BCUT2D eigenvalue weighted by atomic mass is 79.9. The van der Waals surface area contributed by atoms with Gasteiger partial charge in [-0.2, -0.15) is 9.49 Å². The van der Waals surface area contributed by atoms with Crippen LogP contribution in [-0.4, -0.2) is 70.6 Å². The summed E-state index contributed by atoms with van der Waals surface area (Å²) in [5, 5.41) is 11.3. The molecular formula is C27H21BrF2N8O3. The van der Waals surface area contributed by atoms with Gasteiger partial charge in [0.05, 0.1) is 12.1 Å². The summed E-state index contributed by atoms with van der Waals surface area (Å²) in [5.74, 6) is -1.77. The molecule has 5 heterocycles. The molecule has 4 aromatic heterocycles. The highest BCUT2D eigenvalue weighted by molar-refractivity contribution is 9.10. The van der Waals surface area contributed by atoms with Crippen molar-refractivity contribution < 1.29 is 23.2 Å². The maximum absolute atomic E-state index is 14.5. The van der Waals surface area contributed by atoms with Gasteiger partial charge in [0.15, 0.2) is 11.4 Å². The number of ketones is 1. The quantitative estimate of drug-likeness (QED) is 0.225. The number of rotatable bonds is 6. The summed E-state index contributed by atoms with van der Waals surface area (Å²) in [4.78, 5) is 48.4. The molecule has 2 atom stereocenters. The lowest BCUT2D eigenvalue weighted by Crippen LogP contribution is -2.44. The Balaban J connectivity index is 1.28. The average molecular weight is 623 g/mol. The lowest BCUT2D eigenvalue weighted by Gasteiger charge is -2.23. The second-order valence-corrected chi connectivity index (χ2v) is 10.4. The van der Waals surface area contributed by atoms with Crippen LogP contribution in [0.15, 0.2) is 59.5 Å². The molecule has 2 amide bonds. The van der Waals surface area contributed by atoms with Crippen LogP contribution in [0.3, 0.4) is 0 Å². The van der Waals surface area contributed by atoms with Gasteiger partial charge < -0.3 is 10.2 Å². The zero-order chi connectivity index (χ0) is 28.8. The van der Waals surface area contributed by atoms with E-state index in [0.29, 0.717) is 32.3 Å². The number of nitrogens with one attached hydrogen (secondary N) is 1. The Hall–Kier alpha value is -4.59. The van der Waals surface area contributed by atoms with Gasteiger partial charge in [0.1, 0.15) is 34.9 Å². The van der Waals surface area contributed by atoms with E-state index in [4.69, 9.17) is 0 Å². The molecule has 41 heavy (non-hydrogen) atoms. The van der Waals surface area contributed by atoms with E-state index in [1.165, 1.54) is 27.1 Å². The number of carbonyl (C=O) groups is 3. The molecule has 1 aliphatic rings. The highest BCUT2D eigenvalue weighted by Crippen LogP contribution is 2.28. The van der Waals surface area contributed by atoms with Crippen LogP contribution < -0.4 is 5.32 Å². The van der Waals surface area contributed by atoms with E-state index in [1.807, 2.05) is 0 Å². The van der Waals surface area contributed by atoms with Gasteiger partial charge in [0, 0.05) is 42.8 Å². The van der Waals surface area contributed by atoms with E-state index >= 15 is 0 Å². The molecule has 208 valence electrons. The van der Waals surface area contributed by atoms with Crippen molar-refractivity contribution >= 4 is 55.9 Å². The second-order valence-electron chi connectivity index (χ2n) is 9.64. The number of likely N-dealkylation sites (tertiary alicyclic amines) is 1. The Bertz CT molecular complexity index is 1860. The first kappa shape index (κ1) is 26.6. The Morgan fingerprint density at radius 1 is 1.12 bits per heavy atom. The molecule has 14 heteroatoms. The number of anilines is 1. The van der Waals surface area contributed by atoms with Gasteiger partial charge in [-0.3, -0.25) is 19.1 Å². The van der Waals surface area contributed by atoms with Gasteiger partial charge in [-0.15, -0.1) is 5.10 Å². The molecule has 0 bridgehead atoms. The van der Waals surface area contributed by atoms with E-state index in [9.17, 15) is 23.2 Å². The number of carbonyl (C=O) groups excluding carboxylic acids is 3. The van der Waals surface area contributed by atoms with Crippen molar-refractivity contribution in [2.45, 2.75) is 32.1 Å². The predicted molar refractivity (Wildman–Crippen MR) is 147 cm³/mol. The molecule has 5 aromatic rings. The Morgan fingerprint density at radius 3 is 2.73 bits per heavy atom. The molecule has 0 radical (unpaired) electrons. The van der Waals surface area contributed by atoms with E-state index in [1.54, 1.807) is 48.8 Å². The number of hydrogen-bond acceptors (Lipinski definition) is 7. The standard InChI is InChI=1S/C27H21BrF2N8O3/c1-14(39)26-18-7-15(16-10-31-24-9-22(30)34-38(24)11-16)5-6-19(18)37(35-26)13-25(40)36-12-17(29)8-20(36)27(41)33-23-4-2-3-21(28)32-23/h2-7,9-11,17,20H,8,12-13H2,1H3,(H,32,33,41)/t17-,20+/m1/s1. The summed E-state index contributed by atoms with van der Waals surface area (Å²) < 4.78 is 31.2. The SMILES string of the molecule is CC(=O)c1nn(CC(=O)N2C[C@H](F)C[C@H]2C(=O)Nc2cccc(Br)n2)c2ccc(-c3cnc4cc(F)nn4c3)cc12. The van der Waals surface area contributed by atoms with E-state index in [0.717, 1.165) is 0 Å². The summed E-state index contributed by atoms with van der Waals surface area (Å²) in [6.07, 6.45) is 1.66. The lowest BCUT2D eigenvalue weighted by atomic mass is 10.0. The molecule has 0 spiro atoms. The maximum atomic E-state index is 14.5. The third-order valence-corrected chi connectivity index (χ3v) is 7.27. The average Bonchev–Trinajstić information content (AvgIpc) is 3.62. The Kier molecular flexibility index (Phi) is 6.77. The van der Waals surface area contributed by atoms with Crippen LogP contribution in [0, 0.1) is 5.95 Å². The van der Waals surface area contributed by atoms with Crippen LogP contribution in [0.25, 0.3) is 27.7 Å². The number of Topliss-reactive ketones (excluding diaryl/α,β-unsaturated/α-hetero) is 1. The lowest BCUT2D eigenvalue weighted by molar-refractivity contribution is -0.137. The molecule has 6 rings (SSSR count). The van der Waals surface area contributed by atoms with Crippen molar-refractivity contribution in [3.8, 4) is 11.1 Å². The fraction of sp³-hybridized carbons (Fsp3) is 0.222. The summed E-state index contributed by atoms with van der Waals surface area (Å²) in [5.41, 5.74) is 2.30. The molecular weight excluding hydrogens is 602 g/mol. The number of alkyl halides is 1. The van der Waals surface area contributed by atoms with E-state index in [-0.39, 0.29) is 36.8 Å². The van der Waals surface area contributed by atoms with Gasteiger partial charge in [0.25, 0.3) is 0 Å². The van der Waals surface area contributed by atoms with Crippen LogP contribution in [0.1, 0.15) is 23.8 Å². The fourth-order valence-electron chi connectivity index (χ4n) is 4.95. The zero-order valence-electron chi connectivity index (χ0n) is 21.5. The topological polar surface area (TPSA) is 127 Å².